The van der Waals surface area contributed by atoms with Gasteiger partial charge < -0.3 is 9.47 Å². The van der Waals surface area contributed by atoms with Gasteiger partial charge in [-0.25, -0.2) is 0 Å². The molecule has 210 valence electrons. The Bertz CT molecular complexity index is 1320. The molecule has 4 aromatic carbocycles. The predicted molar refractivity (Wildman–Crippen MR) is 169 cm³/mol. The fourth-order valence-corrected chi connectivity index (χ4v) is 5.47. The van der Waals surface area contributed by atoms with Crippen molar-refractivity contribution in [2.24, 2.45) is 0 Å². The van der Waals surface area contributed by atoms with Gasteiger partial charge in [0, 0.05) is 5.41 Å². The van der Waals surface area contributed by atoms with Crippen LogP contribution in [0, 0.1) is 0 Å². The van der Waals surface area contributed by atoms with Crippen molar-refractivity contribution in [1.29, 1.82) is 0 Å². The molecule has 0 saturated heterocycles. The Hall–Kier alpha value is -3.52. The van der Waals surface area contributed by atoms with Crippen LogP contribution in [0.4, 0.5) is 0 Å². The maximum atomic E-state index is 6.18. The summed E-state index contributed by atoms with van der Waals surface area (Å²) in [6, 6.07) is 34.1. The van der Waals surface area contributed by atoms with Crippen LogP contribution in [0.2, 0.25) is 0 Å². The van der Waals surface area contributed by atoms with Crippen LogP contribution >= 0.6 is 0 Å². The average Bonchev–Trinajstić information content (AvgIpc) is 2.99. The van der Waals surface area contributed by atoms with Gasteiger partial charge in [-0.05, 0) is 108 Å². The van der Waals surface area contributed by atoms with Crippen molar-refractivity contribution in [1.82, 2.24) is 0 Å². The van der Waals surface area contributed by atoms with E-state index in [1.165, 1.54) is 22.3 Å². The summed E-state index contributed by atoms with van der Waals surface area (Å²) in [5.74, 6) is 4.05. The second kappa shape index (κ2) is 12.8. The molecule has 4 aromatic rings. The molecule has 0 N–H and O–H groups in total. The normalized spacial score (nSPS) is 12.0. The van der Waals surface area contributed by atoms with Crippen molar-refractivity contribution in [3.63, 3.8) is 0 Å². The highest BCUT2D eigenvalue weighted by molar-refractivity contribution is 5.44. The quantitative estimate of drug-likeness (QED) is 0.180. The summed E-state index contributed by atoms with van der Waals surface area (Å²) in [7, 11) is 0. The second-order valence-corrected chi connectivity index (χ2v) is 11.8. The van der Waals surface area contributed by atoms with Crippen molar-refractivity contribution in [3.05, 3.63) is 119 Å². The van der Waals surface area contributed by atoms with E-state index in [0.29, 0.717) is 5.92 Å². The topological polar surface area (TPSA) is 18.5 Å². The summed E-state index contributed by atoms with van der Waals surface area (Å²) in [6.07, 6.45) is 4.58. The lowest BCUT2D eigenvalue weighted by atomic mass is 9.78. The third kappa shape index (κ3) is 6.61. The van der Waals surface area contributed by atoms with E-state index in [2.05, 4.69) is 146 Å². The van der Waals surface area contributed by atoms with E-state index in [9.17, 15) is 0 Å². The number of benzene rings is 4. The molecule has 0 aliphatic heterocycles. The SMILES string of the molecule is CCC(CC)c1ccc(Oc2ccc(C(C)(C)c3ccc(Oc4ccc(C(C)(CC)CC)cc4)cc3)cc2)cc1. The lowest BCUT2D eigenvalue weighted by Crippen LogP contribution is -2.19. The van der Waals surface area contributed by atoms with E-state index in [4.69, 9.17) is 9.47 Å². The molecule has 40 heavy (non-hydrogen) atoms. The zero-order chi connectivity index (χ0) is 28.8. The predicted octanol–water partition coefficient (Wildman–Crippen LogP) is 11.6. The summed E-state index contributed by atoms with van der Waals surface area (Å²) >= 11 is 0. The summed E-state index contributed by atoms with van der Waals surface area (Å²) < 4.78 is 12.3. The van der Waals surface area contributed by atoms with E-state index in [1.54, 1.807) is 0 Å². The molecule has 0 bridgehead atoms. The monoisotopic (exact) mass is 534 g/mol. The minimum atomic E-state index is -0.152. The number of ether oxygens (including phenoxy) is 2. The van der Waals surface area contributed by atoms with E-state index >= 15 is 0 Å². The Kier molecular flexibility index (Phi) is 9.40. The molecule has 2 nitrogen and oxygen atoms in total. The van der Waals surface area contributed by atoms with E-state index in [1.807, 2.05) is 0 Å². The van der Waals surface area contributed by atoms with Crippen LogP contribution in [0.15, 0.2) is 97.1 Å². The first-order chi connectivity index (χ1) is 19.2. The standard InChI is InChI=1S/C38H46O2/c1-8-28(9-2)29-12-20-33(21-13-29)39-34-22-14-30(15-23-34)37(5,6)31-16-24-35(25-17-31)40-36-26-18-32(19-27-36)38(7,10-3)11-4/h12-28H,8-11H2,1-7H3. The third-order valence-electron chi connectivity index (χ3n) is 9.07. The highest BCUT2D eigenvalue weighted by atomic mass is 16.5. The summed E-state index contributed by atoms with van der Waals surface area (Å²) in [5.41, 5.74) is 5.30. The second-order valence-electron chi connectivity index (χ2n) is 11.8. The van der Waals surface area contributed by atoms with Crippen molar-refractivity contribution in [2.45, 2.75) is 90.9 Å². The zero-order valence-electron chi connectivity index (χ0n) is 25.5. The maximum absolute atomic E-state index is 6.18. The third-order valence-corrected chi connectivity index (χ3v) is 9.07. The van der Waals surface area contributed by atoms with Gasteiger partial charge in [-0.3, -0.25) is 0 Å². The molecule has 4 rings (SSSR count). The van der Waals surface area contributed by atoms with Crippen molar-refractivity contribution in [3.8, 4) is 23.0 Å². The van der Waals surface area contributed by atoms with Crippen molar-refractivity contribution < 1.29 is 9.47 Å². The highest BCUT2D eigenvalue weighted by Crippen LogP contribution is 2.36. The summed E-state index contributed by atoms with van der Waals surface area (Å²) in [5, 5.41) is 0. The van der Waals surface area contributed by atoms with Crippen LogP contribution in [-0.2, 0) is 10.8 Å². The van der Waals surface area contributed by atoms with Gasteiger partial charge in [-0.1, -0.05) is 97.0 Å². The van der Waals surface area contributed by atoms with Crippen LogP contribution in [0.3, 0.4) is 0 Å². The smallest absolute Gasteiger partial charge is 0.127 e. The first-order valence-electron chi connectivity index (χ1n) is 15.0. The molecule has 0 aliphatic carbocycles. The van der Waals surface area contributed by atoms with Crippen LogP contribution in [0.25, 0.3) is 0 Å². The average molecular weight is 535 g/mol. The van der Waals surface area contributed by atoms with Gasteiger partial charge in [0.05, 0.1) is 0 Å². The fourth-order valence-electron chi connectivity index (χ4n) is 5.47. The Balaban J connectivity index is 1.40. The first-order valence-corrected chi connectivity index (χ1v) is 15.0. The van der Waals surface area contributed by atoms with Crippen LogP contribution in [-0.4, -0.2) is 0 Å². The Labute approximate surface area is 242 Å². The van der Waals surface area contributed by atoms with Gasteiger partial charge in [0.2, 0.25) is 0 Å². The molecule has 0 heterocycles. The number of hydrogen-bond donors (Lipinski definition) is 0. The fraction of sp³-hybridized carbons (Fsp3) is 0.368. The van der Waals surface area contributed by atoms with Gasteiger partial charge in [0.25, 0.3) is 0 Å². The van der Waals surface area contributed by atoms with E-state index < -0.39 is 0 Å². The Morgan fingerprint density at radius 2 is 0.800 bits per heavy atom. The molecule has 0 radical (unpaired) electrons. The molecule has 0 aliphatic rings. The Morgan fingerprint density at radius 1 is 0.475 bits per heavy atom. The summed E-state index contributed by atoms with van der Waals surface area (Å²) in [4.78, 5) is 0. The molecule has 0 unspecified atom stereocenters. The molecule has 2 heteroatoms. The minimum Gasteiger partial charge on any atom is -0.457 e. The zero-order valence-corrected chi connectivity index (χ0v) is 25.5. The molecule has 0 amide bonds. The first kappa shape index (κ1) is 29.5. The van der Waals surface area contributed by atoms with Gasteiger partial charge in [-0.15, -0.1) is 0 Å². The molecule has 0 fully saturated rings. The van der Waals surface area contributed by atoms with Gasteiger partial charge in [0.15, 0.2) is 0 Å². The molecular formula is C38H46O2. The lowest BCUT2D eigenvalue weighted by molar-refractivity contribution is 0.436. The van der Waals surface area contributed by atoms with Crippen molar-refractivity contribution >= 4 is 0 Å². The number of hydrogen-bond acceptors (Lipinski definition) is 2. The van der Waals surface area contributed by atoms with Gasteiger partial charge >= 0.3 is 0 Å². The van der Waals surface area contributed by atoms with Gasteiger partial charge in [0.1, 0.15) is 23.0 Å². The minimum absolute atomic E-state index is 0.152. The maximum Gasteiger partial charge on any atom is 0.127 e. The molecular weight excluding hydrogens is 488 g/mol. The molecule has 0 aromatic heterocycles. The molecule has 0 spiro atoms. The van der Waals surface area contributed by atoms with Crippen LogP contribution in [0.1, 0.15) is 102 Å². The molecule has 0 atom stereocenters. The molecule has 0 saturated carbocycles. The largest absolute Gasteiger partial charge is 0.457 e. The van der Waals surface area contributed by atoms with Crippen LogP contribution in [0.5, 0.6) is 23.0 Å². The summed E-state index contributed by atoms with van der Waals surface area (Å²) in [6.45, 7) is 15.9. The van der Waals surface area contributed by atoms with Crippen LogP contribution < -0.4 is 9.47 Å². The Morgan fingerprint density at radius 3 is 1.12 bits per heavy atom. The van der Waals surface area contributed by atoms with Gasteiger partial charge in [-0.2, -0.15) is 0 Å². The van der Waals surface area contributed by atoms with Crippen molar-refractivity contribution in [2.75, 3.05) is 0 Å². The number of rotatable bonds is 12. The highest BCUT2D eigenvalue weighted by Gasteiger charge is 2.24. The van der Waals surface area contributed by atoms with E-state index in [0.717, 1.165) is 48.7 Å². The van der Waals surface area contributed by atoms with E-state index in [-0.39, 0.29) is 10.8 Å². The lowest BCUT2D eigenvalue weighted by Gasteiger charge is -2.27.